The van der Waals surface area contributed by atoms with Crippen LogP contribution in [-0.4, -0.2) is 36.6 Å². The van der Waals surface area contributed by atoms with E-state index in [1.165, 1.54) is 38.5 Å². The van der Waals surface area contributed by atoms with E-state index in [9.17, 15) is 5.11 Å². The lowest BCUT2D eigenvalue weighted by Crippen LogP contribution is -2.46. The summed E-state index contributed by atoms with van der Waals surface area (Å²) in [6.07, 6.45) is 12.7. The van der Waals surface area contributed by atoms with Gasteiger partial charge in [-0.2, -0.15) is 0 Å². The van der Waals surface area contributed by atoms with Gasteiger partial charge in [0.05, 0.1) is 11.7 Å². The second kappa shape index (κ2) is 9.12. The van der Waals surface area contributed by atoms with Gasteiger partial charge in [0.2, 0.25) is 0 Å². The number of unbranched alkanes of at least 4 members (excludes halogenated alkanes) is 5. The molecule has 2 fully saturated rings. The molecule has 0 bridgehead atoms. The Morgan fingerprint density at radius 3 is 2.52 bits per heavy atom. The lowest BCUT2D eigenvalue weighted by Gasteiger charge is -2.44. The quantitative estimate of drug-likeness (QED) is 0.686. The second-order valence-corrected chi connectivity index (χ2v) is 7.02. The Labute approximate surface area is 130 Å². The largest absolute Gasteiger partial charge is 0.393 e. The van der Waals surface area contributed by atoms with Gasteiger partial charge in [0.1, 0.15) is 0 Å². The van der Waals surface area contributed by atoms with E-state index >= 15 is 0 Å². The van der Waals surface area contributed by atoms with Crippen LogP contribution in [0, 0.1) is 5.92 Å². The third-order valence-electron chi connectivity index (χ3n) is 5.33. The predicted octanol–water partition coefficient (Wildman–Crippen LogP) is 4.07. The van der Waals surface area contributed by atoms with Crippen molar-refractivity contribution in [2.24, 2.45) is 5.92 Å². The van der Waals surface area contributed by atoms with Gasteiger partial charge in [-0.1, -0.05) is 45.4 Å². The molecular weight excluding hydrogens is 264 g/mol. The third kappa shape index (κ3) is 5.54. The minimum absolute atomic E-state index is 0.0171. The van der Waals surface area contributed by atoms with Crippen molar-refractivity contribution in [1.29, 1.82) is 0 Å². The highest BCUT2D eigenvalue weighted by molar-refractivity contribution is 4.90. The average Bonchev–Trinajstić information content (AvgIpc) is 2.51. The van der Waals surface area contributed by atoms with Crippen molar-refractivity contribution in [3.05, 3.63) is 0 Å². The van der Waals surface area contributed by atoms with Crippen LogP contribution < -0.4 is 0 Å². The normalized spacial score (nSPS) is 26.9. The van der Waals surface area contributed by atoms with Gasteiger partial charge in [-0.05, 0) is 38.0 Å². The standard InChI is InChI=1S/C18H34O3/c1-2-3-4-5-6-7-8-17(19)16-9-12-21-18(15-16)10-13-20-14-11-18/h16-17,19H,2-15H2,1H3. The van der Waals surface area contributed by atoms with Gasteiger partial charge in [-0.15, -0.1) is 0 Å². The van der Waals surface area contributed by atoms with E-state index in [0.717, 1.165) is 51.9 Å². The molecule has 124 valence electrons. The van der Waals surface area contributed by atoms with E-state index in [1.807, 2.05) is 0 Å². The zero-order chi connectivity index (χ0) is 15.0. The first kappa shape index (κ1) is 17.2. The summed E-state index contributed by atoms with van der Waals surface area (Å²) in [6, 6.07) is 0. The molecule has 0 aliphatic carbocycles. The minimum atomic E-state index is -0.125. The molecule has 2 saturated heterocycles. The molecule has 2 atom stereocenters. The number of hydrogen-bond donors (Lipinski definition) is 1. The Morgan fingerprint density at radius 2 is 1.76 bits per heavy atom. The first-order chi connectivity index (χ1) is 10.3. The molecule has 0 aromatic carbocycles. The van der Waals surface area contributed by atoms with Crippen molar-refractivity contribution in [3.8, 4) is 0 Å². The number of rotatable bonds is 8. The minimum Gasteiger partial charge on any atom is -0.393 e. The zero-order valence-electron chi connectivity index (χ0n) is 13.8. The van der Waals surface area contributed by atoms with Crippen molar-refractivity contribution in [2.45, 2.75) is 89.3 Å². The highest BCUT2D eigenvalue weighted by Gasteiger charge is 2.40. The summed E-state index contributed by atoms with van der Waals surface area (Å²) in [7, 11) is 0. The maximum atomic E-state index is 10.5. The topological polar surface area (TPSA) is 38.7 Å². The van der Waals surface area contributed by atoms with E-state index in [1.54, 1.807) is 0 Å². The van der Waals surface area contributed by atoms with Gasteiger partial charge >= 0.3 is 0 Å². The molecule has 0 aromatic heterocycles. The van der Waals surface area contributed by atoms with Crippen LogP contribution in [0.2, 0.25) is 0 Å². The maximum absolute atomic E-state index is 10.5. The first-order valence-electron chi connectivity index (χ1n) is 9.15. The van der Waals surface area contributed by atoms with Crippen LogP contribution in [-0.2, 0) is 9.47 Å². The fraction of sp³-hybridized carbons (Fsp3) is 1.00. The van der Waals surface area contributed by atoms with Crippen LogP contribution in [0.3, 0.4) is 0 Å². The molecule has 1 N–H and O–H groups in total. The molecule has 0 saturated carbocycles. The van der Waals surface area contributed by atoms with Crippen LogP contribution in [0.15, 0.2) is 0 Å². The molecular formula is C18H34O3. The van der Waals surface area contributed by atoms with Crippen LogP contribution in [0.25, 0.3) is 0 Å². The van der Waals surface area contributed by atoms with Gasteiger partial charge in [-0.3, -0.25) is 0 Å². The summed E-state index contributed by atoms with van der Waals surface area (Å²) < 4.78 is 11.5. The first-order valence-corrected chi connectivity index (χ1v) is 9.15. The van der Waals surface area contributed by atoms with Gasteiger partial charge in [-0.25, -0.2) is 0 Å². The fourth-order valence-corrected chi connectivity index (χ4v) is 3.86. The number of ether oxygens (including phenoxy) is 2. The van der Waals surface area contributed by atoms with E-state index in [4.69, 9.17) is 9.47 Å². The smallest absolute Gasteiger partial charge is 0.0730 e. The molecule has 2 heterocycles. The highest BCUT2D eigenvalue weighted by atomic mass is 16.5. The zero-order valence-corrected chi connectivity index (χ0v) is 13.8. The summed E-state index contributed by atoms with van der Waals surface area (Å²) in [6.45, 7) is 4.71. The summed E-state index contributed by atoms with van der Waals surface area (Å²) >= 11 is 0. The van der Waals surface area contributed by atoms with Crippen molar-refractivity contribution in [1.82, 2.24) is 0 Å². The van der Waals surface area contributed by atoms with Gasteiger partial charge in [0.15, 0.2) is 0 Å². The monoisotopic (exact) mass is 298 g/mol. The van der Waals surface area contributed by atoms with E-state index in [2.05, 4.69) is 6.92 Å². The summed E-state index contributed by atoms with van der Waals surface area (Å²) in [5.41, 5.74) is 0.0171. The van der Waals surface area contributed by atoms with Crippen molar-refractivity contribution in [2.75, 3.05) is 19.8 Å². The van der Waals surface area contributed by atoms with Crippen LogP contribution in [0.1, 0.15) is 77.6 Å². The maximum Gasteiger partial charge on any atom is 0.0730 e. The predicted molar refractivity (Wildman–Crippen MR) is 85.5 cm³/mol. The van der Waals surface area contributed by atoms with Crippen LogP contribution in [0.4, 0.5) is 0 Å². The molecule has 0 amide bonds. The third-order valence-corrected chi connectivity index (χ3v) is 5.33. The Kier molecular flexibility index (Phi) is 7.48. The summed E-state index contributed by atoms with van der Waals surface area (Å²) in [5, 5.41) is 10.5. The molecule has 3 heteroatoms. The Bertz CT molecular complexity index is 268. The number of aliphatic hydroxyl groups is 1. The molecule has 1 spiro atoms. The molecule has 0 radical (unpaired) electrons. The van der Waals surface area contributed by atoms with Gasteiger partial charge in [0.25, 0.3) is 0 Å². The van der Waals surface area contributed by atoms with E-state index in [-0.39, 0.29) is 11.7 Å². The fourth-order valence-electron chi connectivity index (χ4n) is 3.86. The van der Waals surface area contributed by atoms with Crippen LogP contribution >= 0.6 is 0 Å². The Balaban J connectivity index is 1.65. The average molecular weight is 298 g/mol. The molecule has 2 aliphatic rings. The molecule has 2 rings (SSSR count). The molecule has 2 aliphatic heterocycles. The highest BCUT2D eigenvalue weighted by Crippen LogP contribution is 2.38. The SMILES string of the molecule is CCCCCCCCC(O)C1CCOC2(CCOCC2)C1. The lowest BCUT2D eigenvalue weighted by molar-refractivity contribution is -0.159. The van der Waals surface area contributed by atoms with Gasteiger partial charge in [0, 0.05) is 19.8 Å². The molecule has 3 nitrogen and oxygen atoms in total. The molecule has 2 unspecified atom stereocenters. The van der Waals surface area contributed by atoms with Crippen LogP contribution in [0.5, 0.6) is 0 Å². The van der Waals surface area contributed by atoms with E-state index in [0.29, 0.717) is 5.92 Å². The van der Waals surface area contributed by atoms with Gasteiger partial charge < -0.3 is 14.6 Å². The number of hydrogen-bond acceptors (Lipinski definition) is 3. The van der Waals surface area contributed by atoms with Crippen molar-refractivity contribution in [3.63, 3.8) is 0 Å². The van der Waals surface area contributed by atoms with Crippen molar-refractivity contribution < 1.29 is 14.6 Å². The Hall–Kier alpha value is -0.120. The Morgan fingerprint density at radius 1 is 1.05 bits per heavy atom. The summed E-state index contributed by atoms with van der Waals surface area (Å²) in [4.78, 5) is 0. The summed E-state index contributed by atoms with van der Waals surface area (Å²) in [5.74, 6) is 0.437. The molecule has 0 aromatic rings. The van der Waals surface area contributed by atoms with E-state index < -0.39 is 0 Å². The molecule has 21 heavy (non-hydrogen) atoms. The number of aliphatic hydroxyl groups excluding tert-OH is 1. The second-order valence-electron chi connectivity index (χ2n) is 7.02. The van der Waals surface area contributed by atoms with Crippen molar-refractivity contribution >= 4 is 0 Å². The lowest BCUT2D eigenvalue weighted by atomic mass is 9.77.